The van der Waals surface area contributed by atoms with Gasteiger partial charge in [-0.05, 0) is 58.1 Å². The number of aryl methyl sites for hydroxylation is 1. The average molecular weight is 318 g/mol. The second-order valence-electron chi connectivity index (χ2n) is 7.49. The summed E-state index contributed by atoms with van der Waals surface area (Å²) in [7, 11) is 0. The van der Waals surface area contributed by atoms with Crippen LogP contribution in [0.5, 0.6) is 0 Å². The van der Waals surface area contributed by atoms with Crippen molar-refractivity contribution in [3.05, 3.63) is 29.8 Å². The van der Waals surface area contributed by atoms with Crippen molar-refractivity contribution < 1.29 is 9.53 Å². The number of hydrogen-bond acceptors (Lipinski definition) is 3. The van der Waals surface area contributed by atoms with Crippen molar-refractivity contribution in [3.63, 3.8) is 0 Å². The average Bonchev–Trinajstić information content (AvgIpc) is 2.47. The van der Waals surface area contributed by atoms with E-state index < -0.39 is 5.60 Å². The summed E-state index contributed by atoms with van der Waals surface area (Å²) in [5.74, 6) is 0.441. The minimum atomic E-state index is -0.449. The van der Waals surface area contributed by atoms with Crippen molar-refractivity contribution in [2.75, 3.05) is 11.9 Å². The lowest BCUT2D eigenvalue weighted by Crippen LogP contribution is -2.42. The largest absolute Gasteiger partial charge is 0.444 e. The number of carbonyl (C=O) groups is 1. The van der Waals surface area contributed by atoms with Crippen LogP contribution in [-0.4, -0.2) is 24.3 Å². The Morgan fingerprint density at radius 2 is 1.91 bits per heavy atom. The lowest BCUT2D eigenvalue weighted by Gasteiger charge is -2.33. The first-order valence-electron chi connectivity index (χ1n) is 8.64. The summed E-state index contributed by atoms with van der Waals surface area (Å²) in [4.78, 5) is 11.9. The number of alkyl carbamates (subject to hydrolysis) is 1. The third-order valence-corrected chi connectivity index (χ3v) is 4.30. The van der Waals surface area contributed by atoms with E-state index in [0.717, 1.165) is 12.8 Å². The molecule has 1 aliphatic carbocycles. The molecule has 2 atom stereocenters. The lowest BCUT2D eigenvalue weighted by molar-refractivity contribution is 0.0514. The number of hydrogen-bond donors (Lipinski definition) is 2. The summed E-state index contributed by atoms with van der Waals surface area (Å²) in [6, 6.07) is 8.77. The molecule has 1 aromatic rings. The molecule has 4 nitrogen and oxygen atoms in total. The normalized spacial score (nSPS) is 21.6. The smallest absolute Gasteiger partial charge is 0.407 e. The van der Waals surface area contributed by atoms with E-state index in [1.807, 2.05) is 20.8 Å². The van der Waals surface area contributed by atoms with Crippen molar-refractivity contribution in [1.82, 2.24) is 5.32 Å². The van der Waals surface area contributed by atoms with Crippen LogP contribution < -0.4 is 10.6 Å². The summed E-state index contributed by atoms with van der Waals surface area (Å²) in [6.45, 7) is 8.44. The van der Waals surface area contributed by atoms with Gasteiger partial charge in [0, 0.05) is 18.3 Å². The van der Waals surface area contributed by atoms with E-state index in [0.29, 0.717) is 18.5 Å². The minimum absolute atomic E-state index is 0.322. The summed E-state index contributed by atoms with van der Waals surface area (Å²) in [5.41, 5.74) is 2.01. The van der Waals surface area contributed by atoms with Crippen molar-refractivity contribution in [2.45, 2.75) is 65.0 Å². The zero-order valence-corrected chi connectivity index (χ0v) is 14.8. The molecule has 1 aliphatic rings. The predicted molar refractivity (Wildman–Crippen MR) is 94.8 cm³/mol. The molecule has 2 N–H and O–H groups in total. The Bertz CT molecular complexity index is 522. The number of nitrogens with one attached hydrogen (secondary N) is 2. The van der Waals surface area contributed by atoms with Gasteiger partial charge in [0.15, 0.2) is 0 Å². The van der Waals surface area contributed by atoms with Crippen LogP contribution in [0.3, 0.4) is 0 Å². The molecule has 1 amide bonds. The van der Waals surface area contributed by atoms with Crippen LogP contribution in [0.1, 0.15) is 52.0 Å². The highest BCUT2D eigenvalue weighted by Gasteiger charge is 2.26. The van der Waals surface area contributed by atoms with E-state index >= 15 is 0 Å². The molecule has 0 saturated heterocycles. The number of anilines is 1. The van der Waals surface area contributed by atoms with Gasteiger partial charge >= 0.3 is 6.09 Å². The topological polar surface area (TPSA) is 50.4 Å². The van der Waals surface area contributed by atoms with Crippen molar-refractivity contribution in [2.24, 2.45) is 5.92 Å². The Balaban J connectivity index is 1.91. The molecule has 0 heterocycles. The molecular weight excluding hydrogens is 288 g/mol. The van der Waals surface area contributed by atoms with Crippen LogP contribution in [0, 0.1) is 12.8 Å². The third kappa shape index (κ3) is 5.77. The fourth-order valence-corrected chi connectivity index (χ4v) is 3.11. The first-order chi connectivity index (χ1) is 10.8. The molecular formula is C19H30N2O2. The highest BCUT2D eigenvalue weighted by Crippen LogP contribution is 2.28. The molecule has 0 radical (unpaired) electrons. The van der Waals surface area contributed by atoms with Gasteiger partial charge in [-0.2, -0.15) is 0 Å². The Hall–Kier alpha value is -1.71. The van der Waals surface area contributed by atoms with E-state index in [-0.39, 0.29) is 6.09 Å². The molecule has 1 fully saturated rings. The molecule has 128 valence electrons. The SMILES string of the molecule is Cc1ccccc1NC1CCCCC1CNC(=O)OC(C)(C)C. The van der Waals surface area contributed by atoms with Gasteiger partial charge in [0.05, 0.1) is 0 Å². The quantitative estimate of drug-likeness (QED) is 0.860. The lowest BCUT2D eigenvalue weighted by atomic mass is 9.84. The molecule has 2 rings (SSSR count). The first kappa shape index (κ1) is 17.6. The molecule has 23 heavy (non-hydrogen) atoms. The fraction of sp³-hybridized carbons (Fsp3) is 0.632. The second-order valence-corrected chi connectivity index (χ2v) is 7.49. The van der Waals surface area contributed by atoms with Crippen LogP contribution in [0.4, 0.5) is 10.5 Å². The van der Waals surface area contributed by atoms with Gasteiger partial charge in [-0.3, -0.25) is 0 Å². The van der Waals surface area contributed by atoms with E-state index in [4.69, 9.17) is 4.74 Å². The zero-order chi connectivity index (χ0) is 16.9. The predicted octanol–water partition coefficient (Wildman–Crippen LogP) is 4.49. The maximum atomic E-state index is 11.9. The van der Waals surface area contributed by atoms with Crippen molar-refractivity contribution in [1.29, 1.82) is 0 Å². The minimum Gasteiger partial charge on any atom is -0.444 e. The maximum Gasteiger partial charge on any atom is 0.407 e. The Morgan fingerprint density at radius 1 is 1.22 bits per heavy atom. The second kappa shape index (κ2) is 7.71. The van der Waals surface area contributed by atoms with Crippen LogP contribution in [0.15, 0.2) is 24.3 Å². The van der Waals surface area contributed by atoms with Gasteiger partial charge in [0.1, 0.15) is 5.60 Å². The summed E-state index contributed by atoms with van der Waals surface area (Å²) < 4.78 is 5.33. The fourth-order valence-electron chi connectivity index (χ4n) is 3.11. The van der Waals surface area contributed by atoms with Crippen LogP contribution in [0.2, 0.25) is 0 Å². The highest BCUT2D eigenvalue weighted by molar-refractivity contribution is 5.67. The van der Waals surface area contributed by atoms with Gasteiger partial charge in [0.25, 0.3) is 0 Å². The standard InChI is InChI=1S/C19H30N2O2/c1-14-9-5-7-11-16(14)21-17-12-8-6-10-15(17)13-20-18(22)23-19(2,3)4/h5,7,9,11,15,17,21H,6,8,10,12-13H2,1-4H3,(H,20,22). The van der Waals surface area contributed by atoms with Crippen molar-refractivity contribution >= 4 is 11.8 Å². The van der Waals surface area contributed by atoms with Gasteiger partial charge in [-0.1, -0.05) is 31.0 Å². The number of para-hydroxylation sites is 1. The van der Waals surface area contributed by atoms with Gasteiger partial charge < -0.3 is 15.4 Å². The van der Waals surface area contributed by atoms with Crippen molar-refractivity contribution in [3.8, 4) is 0 Å². The Kier molecular flexibility index (Phi) is 5.91. The maximum absolute atomic E-state index is 11.9. The summed E-state index contributed by atoms with van der Waals surface area (Å²) in [5, 5.41) is 6.62. The molecule has 0 aromatic heterocycles. The number of ether oxygens (including phenoxy) is 1. The first-order valence-corrected chi connectivity index (χ1v) is 8.64. The van der Waals surface area contributed by atoms with Gasteiger partial charge in [0.2, 0.25) is 0 Å². The Morgan fingerprint density at radius 3 is 2.61 bits per heavy atom. The number of carbonyl (C=O) groups excluding carboxylic acids is 1. The summed E-state index contributed by atoms with van der Waals surface area (Å²) >= 11 is 0. The number of rotatable bonds is 4. The van der Waals surface area contributed by atoms with Crippen LogP contribution in [-0.2, 0) is 4.74 Å². The van der Waals surface area contributed by atoms with Crippen LogP contribution in [0.25, 0.3) is 0 Å². The molecule has 1 saturated carbocycles. The van der Waals surface area contributed by atoms with E-state index in [2.05, 4.69) is 41.8 Å². The zero-order valence-electron chi connectivity index (χ0n) is 14.8. The number of amides is 1. The highest BCUT2D eigenvalue weighted by atomic mass is 16.6. The van der Waals surface area contributed by atoms with E-state index in [9.17, 15) is 4.79 Å². The van der Waals surface area contributed by atoms with Gasteiger partial charge in [-0.25, -0.2) is 4.79 Å². The van der Waals surface area contributed by atoms with Crippen LogP contribution >= 0.6 is 0 Å². The van der Waals surface area contributed by atoms with E-state index in [1.54, 1.807) is 0 Å². The molecule has 2 unspecified atom stereocenters. The Labute approximate surface area is 140 Å². The third-order valence-electron chi connectivity index (χ3n) is 4.30. The van der Waals surface area contributed by atoms with E-state index in [1.165, 1.54) is 24.1 Å². The summed E-state index contributed by atoms with van der Waals surface area (Å²) in [6.07, 6.45) is 4.44. The monoisotopic (exact) mass is 318 g/mol. The van der Waals surface area contributed by atoms with Gasteiger partial charge in [-0.15, -0.1) is 0 Å². The molecule has 0 spiro atoms. The molecule has 4 heteroatoms. The molecule has 0 bridgehead atoms. The molecule has 1 aromatic carbocycles. The molecule has 0 aliphatic heterocycles. The number of benzene rings is 1.